The summed E-state index contributed by atoms with van der Waals surface area (Å²) >= 11 is 0. The molecule has 1 aliphatic rings. The van der Waals surface area contributed by atoms with Gasteiger partial charge in [-0.1, -0.05) is 24.3 Å². The number of carbonyl (C=O) groups is 1. The average Bonchev–Trinajstić information content (AvgIpc) is 3.29. The average molecular weight is 401 g/mol. The van der Waals surface area contributed by atoms with E-state index in [1.807, 2.05) is 12.1 Å². The van der Waals surface area contributed by atoms with Gasteiger partial charge < -0.3 is 15.2 Å². The molecule has 1 aromatic heterocycles. The van der Waals surface area contributed by atoms with Crippen molar-refractivity contribution in [3.05, 3.63) is 70.9 Å². The summed E-state index contributed by atoms with van der Waals surface area (Å²) in [6, 6.07) is 14.0. The molecule has 0 radical (unpaired) electrons. The third-order valence-electron chi connectivity index (χ3n) is 5.61. The van der Waals surface area contributed by atoms with Gasteiger partial charge in [0, 0.05) is 36.2 Å². The Morgan fingerprint density at radius 3 is 2.79 bits per heavy atom. The molecule has 5 nitrogen and oxygen atoms in total. The molecule has 2 aromatic carbocycles. The van der Waals surface area contributed by atoms with Crippen LogP contribution in [0.1, 0.15) is 39.5 Å². The lowest BCUT2D eigenvalue weighted by Gasteiger charge is -2.29. The zero-order valence-corrected chi connectivity index (χ0v) is 16.4. The molecule has 3 aromatic rings. The van der Waals surface area contributed by atoms with Crippen molar-refractivity contribution in [1.29, 1.82) is 0 Å². The molecular formula is C22H25ClN2O3. The van der Waals surface area contributed by atoms with Gasteiger partial charge in [-0.15, -0.1) is 12.4 Å². The lowest BCUT2D eigenvalue weighted by atomic mass is 10.0. The van der Waals surface area contributed by atoms with Crippen LogP contribution >= 0.6 is 12.4 Å². The lowest BCUT2D eigenvalue weighted by molar-refractivity contribution is 0.0696. The van der Waals surface area contributed by atoms with Crippen molar-refractivity contribution < 1.29 is 15.0 Å². The van der Waals surface area contributed by atoms with E-state index in [0.29, 0.717) is 12.1 Å². The van der Waals surface area contributed by atoms with Crippen molar-refractivity contribution in [3.63, 3.8) is 0 Å². The first-order chi connectivity index (χ1) is 13.2. The summed E-state index contributed by atoms with van der Waals surface area (Å²) in [6.07, 6.45) is 4.83. The maximum Gasteiger partial charge on any atom is 0.335 e. The molecule has 1 atom stereocenters. The molecule has 0 spiro atoms. The fraction of sp³-hybridized carbons (Fsp3) is 0.318. The van der Waals surface area contributed by atoms with E-state index >= 15 is 0 Å². The fourth-order valence-corrected chi connectivity index (χ4v) is 4.26. The van der Waals surface area contributed by atoms with Crippen LogP contribution in [0.2, 0.25) is 0 Å². The Hall–Kier alpha value is -2.34. The van der Waals surface area contributed by atoms with Gasteiger partial charge in [-0.05, 0) is 54.2 Å². The fourth-order valence-electron chi connectivity index (χ4n) is 4.26. The Balaban J connectivity index is 0.00000225. The van der Waals surface area contributed by atoms with Crippen LogP contribution in [0.5, 0.6) is 0 Å². The number of hydrogen-bond acceptors (Lipinski definition) is 3. The molecule has 0 saturated carbocycles. The Labute approximate surface area is 170 Å². The number of nitrogens with zero attached hydrogens (tertiary/aromatic N) is 1. The molecule has 1 aliphatic carbocycles. The number of fused-ring (bicyclic) bond motifs is 2. The van der Waals surface area contributed by atoms with E-state index in [1.165, 1.54) is 16.5 Å². The van der Waals surface area contributed by atoms with Gasteiger partial charge >= 0.3 is 5.97 Å². The number of H-pyrrole nitrogens is 1. The second kappa shape index (κ2) is 8.78. The van der Waals surface area contributed by atoms with E-state index in [2.05, 4.69) is 34.3 Å². The second-order valence-electron chi connectivity index (χ2n) is 7.14. The van der Waals surface area contributed by atoms with Crippen LogP contribution in [0.15, 0.2) is 48.7 Å². The summed E-state index contributed by atoms with van der Waals surface area (Å²) in [4.78, 5) is 16.9. The van der Waals surface area contributed by atoms with Gasteiger partial charge in [-0.2, -0.15) is 0 Å². The van der Waals surface area contributed by atoms with Gasteiger partial charge in [-0.25, -0.2) is 4.79 Å². The largest absolute Gasteiger partial charge is 0.478 e. The zero-order valence-electron chi connectivity index (χ0n) is 15.6. The SMILES string of the molecule is Cl.O=C(O)c1ccc2c(c1)CCC2N(CCO)CCc1c[nH]c2ccccc12. The number of aliphatic hydroxyl groups is 1. The highest BCUT2D eigenvalue weighted by Crippen LogP contribution is 2.36. The van der Waals surface area contributed by atoms with Crippen molar-refractivity contribution in [2.45, 2.75) is 25.3 Å². The maximum atomic E-state index is 11.2. The van der Waals surface area contributed by atoms with Crippen LogP contribution in [0, 0.1) is 0 Å². The van der Waals surface area contributed by atoms with Gasteiger partial charge in [0.15, 0.2) is 0 Å². The minimum atomic E-state index is -0.882. The number of aromatic carboxylic acids is 1. The van der Waals surface area contributed by atoms with Gasteiger partial charge in [0.25, 0.3) is 0 Å². The van der Waals surface area contributed by atoms with Crippen molar-refractivity contribution in [2.75, 3.05) is 19.7 Å². The van der Waals surface area contributed by atoms with Crippen molar-refractivity contribution in [2.24, 2.45) is 0 Å². The van der Waals surface area contributed by atoms with Gasteiger partial charge in [0.05, 0.1) is 12.2 Å². The number of para-hydroxylation sites is 1. The number of carboxylic acid groups (broad SMARTS) is 1. The molecule has 1 unspecified atom stereocenters. The van der Waals surface area contributed by atoms with Crippen LogP contribution in [0.4, 0.5) is 0 Å². The van der Waals surface area contributed by atoms with Crippen LogP contribution in [-0.2, 0) is 12.8 Å². The predicted molar refractivity (Wildman–Crippen MR) is 112 cm³/mol. The molecule has 4 rings (SSSR count). The van der Waals surface area contributed by atoms with Crippen LogP contribution in [0.25, 0.3) is 10.9 Å². The Bertz CT molecular complexity index is 969. The third kappa shape index (κ3) is 3.92. The molecule has 3 N–H and O–H groups in total. The van der Waals surface area contributed by atoms with Crippen LogP contribution < -0.4 is 0 Å². The summed E-state index contributed by atoms with van der Waals surface area (Å²) in [7, 11) is 0. The summed E-state index contributed by atoms with van der Waals surface area (Å²) in [5.74, 6) is -0.882. The normalized spacial score (nSPS) is 15.6. The number of hydrogen-bond donors (Lipinski definition) is 3. The topological polar surface area (TPSA) is 76.6 Å². The van der Waals surface area contributed by atoms with E-state index in [4.69, 9.17) is 0 Å². The highest BCUT2D eigenvalue weighted by atomic mass is 35.5. The van der Waals surface area contributed by atoms with E-state index in [1.54, 1.807) is 12.1 Å². The summed E-state index contributed by atoms with van der Waals surface area (Å²) < 4.78 is 0. The maximum absolute atomic E-state index is 11.2. The number of halogens is 1. The summed E-state index contributed by atoms with van der Waals surface area (Å²) in [6.45, 7) is 1.59. The predicted octanol–water partition coefficient (Wildman–Crippen LogP) is 3.81. The van der Waals surface area contributed by atoms with E-state index in [9.17, 15) is 15.0 Å². The highest BCUT2D eigenvalue weighted by Gasteiger charge is 2.28. The Kier molecular flexibility index (Phi) is 6.39. The Morgan fingerprint density at radius 1 is 1.18 bits per heavy atom. The molecule has 0 amide bonds. The third-order valence-corrected chi connectivity index (χ3v) is 5.61. The van der Waals surface area contributed by atoms with E-state index in [0.717, 1.165) is 36.9 Å². The van der Waals surface area contributed by atoms with Gasteiger partial charge in [0.1, 0.15) is 0 Å². The molecule has 0 aliphatic heterocycles. The van der Waals surface area contributed by atoms with Crippen LogP contribution in [0.3, 0.4) is 0 Å². The van der Waals surface area contributed by atoms with Crippen molar-refractivity contribution in [3.8, 4) is 0 Å². The van der Waals surface area contributed by atoms with Crippen LogP contribution in [-0.4, -0.2) is 45.8 Å². The van der Waals surface area contributed by atoms with Crippen molar-refractivity contribution >= 4 is 29.3 Å². The first kappa shape index (κ1) is 20.4. The van der Waals surface area contributed by atoms with Gasteiger partial charge in [-0.3, -0.25) is 4.90 Å². The minimum Gasteiger partial charge on any atom is -0.478 e. The number of carboxylic acids is 1. The number of nitrogens with one attached hydrogen (secondary N) is 1. The number of aromatic amines is 1. The summed E-state index contributed by atoms with van der Waals surface area (Å²) in [5, 5.41) is 20.0. The van der Waals surface area contributed by atoms with E-state index in [-0.39, 0.29) is 25.1 Å². The molecule has 6 heteroatoms. The lowest BCUT2D eigenvalue weighted by Crippen LogP contribution is -2.32. The zero-order chi connectivity index (χ0) is 18.8. The standard InChI is InChI=1S/C22H24N2O3.ClH/c25-12-11-24(10-9-17-14-23-20-4-2-1-3-18(17)20)21-8-6-15-13-16(22(26)27)5-7-19(15)21;/h1-5,7,13-14,21,23,25H,6,8-12H2,(H,26,27);1H. The Morgan fingerprint density at radius 2 is 2.00 bits per heavy atom. The number of aliphatic hydroxyl groups excluding tert-OH is 1. The molecular weight excluding hydrogens is 376 g/mol. The smallest absolute Gasteiger partial charge is 0.335 e. The second-order valence-corrected chi connectivity index (χ2v) is 7.14. The molecule has 148 valence electrons. The number of aryl methyl sites for hydroxylation is 1. The monoisotopic (exact) mass is 400 g/mol. The van der Waals surface area contributed by atoms with Gasteiger partial charge in [0.2, 0.25) is 0 Å². The molecule has 0 fully saturated rings. The van der Waals surface area contributed by atoms with Crippen molar-refractivity contribution in [1.82, 2.24) is 9.88 Å². The molecule has 1 heterocycles. The van der Waals surface area contributed by atoms with E-state index < -0.39 is 5.97 Å². The molecule has 28 heavy (non-hydrogen) atoms. The first-order valence-corrected chi connectivity index (χ1v) is 9.43. The first-order valence-electron chi connectivity index (χ1n) is 9.43. The summed E-state index contributed by atoms with van der Waals surface area (Å²) in [5.41, 5.74) is 5.10. The highest BCUT2D eigenvalue weighted by molar-refractivity contribution is 5.88. The number of rotatable bonds is 7. The molecule has 0 bridgehead atoms. The quantitative estimate of drug-likeness (QED) is 0.563. The molecule has 0 saturated heterocycles. The minimum absolute atomic E-state index is 0. The number of aromatic nitrogens is 1. The number of benzene rings is 2.